The number of ether oxygens (including phenoxy) is 1. The Hall–Kier alpha value is -1.92. The molecule has 3 rings (SSSR count). The van der Waals surface area contributed by atoms with E-state index in [-0.39, 0.29) is 11.3 Å². The molecular weight excluding hydrogens is 304 g/mol. The van der Waals surface area contributed by atoms with Crippen LogP contribution in [-0.2, 0) is 16.1 Å². The summed E-state index contributed by atoms with van der Waals surface area (Å²) in [7, 11) is 1.73. The van der Waals surface area contributed by atoms with E-state index in [9.17, 15) is 4.79 Å². The van der Waals surface area contributed by atoms with Gasteiger partial charge in [0.05, 0.1) is 24.0 Å². The second kappa shape index (κ2) is 7.77. The van der Waals surface area contributed by atoms with Gasteiger partial charge in [0.1, 0.15) is 0 Å². The molecule has 0 saturated carbocycles. The van der Waals surface area contributed by atoms with Gasteiger partial charge in [0.15, 0.2) is 0 Å². The van der Waals surface area contributed by atoms with E-state index >= 15 is 0 Å². The van der Waals surface area contributed by atoms with Crippen molar-refractivity contribution >= 4 is 16.9 Å². The highest BCUT2D eigenvalue weighted by Crippen LogP contribution is 2.28. The summed E-state index contributed by atoms with van der Waals surface area (Å²) in [5.41, 5.74) is 2.10. The van der Waals surface area contributed by atoms with Gasteiger partial charge in [-0.1, -0.05) is 12.1 Å². The first-order chi connectivity index (χ1) is 11.7. The number of carbonyl (C=O) groups is 1. The second-order valence-corrected chi connectivity index (χ2v) is 6.64. The summed E-state index contributed by atoms with van der Waals surface area (Å²) in [5.74, 6) is 0.0850. The van der Waals surface area contributed by atoms with Gasteiger partial charge >= 0.3 is 0 Å². The normalized spacial score (nSPS) is 17.0. The highest BCUT2D eigenvalue weighted by molar-refractivity contribution is 5.77. The molecule has 0 radical (unpaired) electrons. The Bertz CT molecular complexity index is 671. The number of nitrogens with one attached hydrogen (secondary N) is 2. The van der Waals surface area contributed by atoms with Gasteiger partial charge in [-0.2, -0.15) is 0 Å². The lowest BCUT2D eigenvalue weighted by molar-refractivity contribution is -0.122. The molecule has 1 saturated heterocycles. The lowest BCUT2D eigenvalue weighted by atomic mass is 9.79. The Morgan fingerprint density at radius 1 is 1.38 bits per heavy atom. The molecule has 130 valence electrons. The fourth-order valence-corrected chi connectivity index (χ4v) is 3.42. The van der Waals surface area contributed by atoms with Crippen LogP contribution >= 0.6 is 0 Å². The van der Waals surface area contributed by atoms with Crippen molar-refractivity contribution in [1.29, 1.82) is 0 Å². The second-order valence-electron chi connectivity index (χ2n) is 6.64. The Labute approximate surface area is 142 Å². The van der Waals surface area contributed by atoms with Crippen LogP contribution in [0.2, 0.25) is 0 Å². The maximum atomic E-state index is 12.3. The van der Waals surface area contributed by atoms with E-state index in [2.05, 4.69) is 15.6 Å². The third kappa shape index (κ3) is 3.94. The summed E-state index contributed by atoms with van der Waals surface area (Å²) in [6.07, 6.45) is 4.33. The van der Waals surface area contributed by atoms with Gasteiger partial charge < -0.3 is 19.9 Å². The predicted molar refractivity (Wildman–Crippen MR) is 93.8 cm³/mol. The molecule has 24 heavy (non-hydrogen) atoms. The van der Waals surface area contributed by atoms with Crippen molar-refractivity contribution in [3.05, 3.63) is 30.6 Å². The molecule has 0 bridgehead atoms. The van der Waals surface area contributed by atoms with Crippen molar-refractivity contribution in [3.8, 4) is 0 Å². The zero-order chi connectivity index (χ0) is 16.8. The number of imidazole rings is 1. The summed E-state index contributed by atoms with van der Waals surface area (Å²) in [4.78, 5) is 16.6. The summed E-state index contributed by atoms with van der Waals surface area (Å²) >= 11 is 0. The van der Waals surface area contributed by atoms with Crippen molar-refractivity contribution in [2.45, 2.75) is 25.8 Å². The maximum Gasteiger partial charge on any atom is 0.221 e. The Morgan fingerprint density at radius 3 is 2.96 bits per heavy atom. The minimum Gasteiger partial charge on any atom is -0.384 e. The first-order valence-electron chi connectivity index (χ1n) is 8.59. The number of benzene rings is 1. The van der Waals surface area contributed by atoms with Gasteiger partial charge in [0.25, 0.3) is 0 Å². The van der Waals surface area contributed by atoms with Gasteiger partial charge in [0, 0.05) is 32.0 Å². The third-order valence-corrected chi connectivity index (χ3v) is 4.88. The van der Waals surface area contributed by atoms with Crippen molar-refractivity contribution in [1.82, 2.24) is 20.2 Å². The van der Waals surface area contributed by atoms with Gasteiger partial charge in [-0.25, -0.2) is 4.98 Å². The number of nitrogens with zero attached hydrogens (tertiary/aromatic N) is 2. The first kappa shape index (κ1) is 16.9. The smallest absolute Gasteiger partial charge is 0.221 e. The summed E-state index contributed by atoms with van der Waals surface area (Å²) < 4.78 is 7.42. The minimum atomic E-state index is 0.0668. The van der Waals surface area contributed by atoms with Crippen LogP contribution in [0.4, 0.5) is 0 Å². The Morgan fingerprint density at radius 2 is 2.17 bits per heavy atom. The maximum absolute atomic E-state index is 12.3. The number of hydrogen-bond donors (Lipinski definition) is 2. The summed E-state index contributed by atoms with van der Waals surface area (Å²) in [5, 5.41) is 6.48. The average Bonchev–Trinajstić information content (AvgIpc) is 3.03. The number of piperidine rings is 1. The number of methoxy groups -OCH3 is 1. The minimum absolute atomic E-state index is 0.0668. The Kier molecular flexibility index (Phi) is 5.48. The summed E-state index contributed by atoms with van der Waals surface area (Å²) in [6, 6.07) is 7.98. The highest BCUT2D eigenvalue weighted by Gasteiger charge is 2.32. The molecule has 1 aromatic heterocycles. The molecule has 6 nitrogen and oxygen atoms in total. The molecule has 6 heteroatoms. The Balaban J connectivity index is 1.52. The third-order valence-electron chi connectivity index (χ3n) is 4.88. The molecular formula is C18H26N4O2. The molecule has 1 aliphatic heterocycles. The van der Waals surface area contributed by atoms with E-state index in [1.54, 1.807) is 13.4 Å². The van der Waals surface area contributed by atoms with Crippen LogP contribution in [0.15, 0.2) is 30.6 Å². The monoisotopic (exact) mass is 330 g/mol. The SMILES string of the molecule is COCC1(CNC(=O)CCn2cnc3ccccc32)CCNCC1. The predicted octanol–water partition coefficient (Wildman–Crippen LogP) is 1.56. The van der Waals surface area contributed by atoms with Crippen molar-refractivity contribution < 1.29 is 9.53 Å². The van der Waals surface area contributed by atoms with Crippen molar-refractivity contribution in [2.75, 3.05) is 33.4 Å². The van der Waals surface area contributed by atoms with E-state index in [0.717, 1.165) is 37.0 Å². The number of aromatic nitrogens is 2. The summed E-state index contributed by atoms with van der Waals surface area (Å²) in [6.45, 7) is 4.00. The lowest BCUT2D eigenvalue weighted by Gasteiger charge is -2.37. The van der Waals surface area contributed by atoms with Crippen LogP contribution in [0.3, 0.4) is 0 Å². The molecule has 1 amide bonds. The number of rotatable bonds is 7. The van der Waals surface area contributed by atoms with E-state index in [4.69, 9.17) is 4.74 Å². The highest BCUT2D eigenvalue weighted by atomic mass is 16.5. The number of amides is 1. The fraction of sp³-hybridized carbons (Fsp3) is 0.556. The van der Waals surface area contributed by atoms with Gasteiger partial charge in [-0.3, -0.25) is 4.79 Å². The standard InChI is InChI=1S/C18H26N4O2/c1-24-13-18(7-9-19-10-8-18)12-20-17(23)6-11-22-14-21-15-4-2-3-5-16(15)22/h2-5,14,19H,6-13H2,1H3,(H,20,23). The molecule has 2 heterocycles. The van der Waals surface area contributed by atoms with Crippen LogP contribution in [-0.4, -0.2) is 48.8 Å². The number of carbonyl (C=O) groups excluding carboxylic acids is 1. The first-order valence-corrected chi connectivity index (χ1v) is 8.59. The number of hydrogen-bond acceptors (Lipinski definition) is 4. The molecule has 2 N–H and O–H groups in total. The van der Waals surface area contributed by atoms with E-state index in [0.29, 0.717) is 26.1 Å². The number of fused-ring (bicyclic) bond motifs is 1. The van der Waals surface area contributed by atoms with Gasteiger partial charge in [-0.15, -0.1) is 0 Å². The van der Waals surface area contributed by atoms with E-state index in [1.807, 2.05) is 28.8 Å². The van der Waals surface area contributed by atoms with Crippen molar-refractivity contribution in [2.24, 2.45) is 5.41 Å². The average molecular weight is 330 g/mol. The molecule has 1 aliphatic rings. The fourth-order valence-electron chi connectivity index (χ4n) is 3.42. The number of aryl methyl sites for hydroxylation is 1. The molecule has 0 unspecified atom stereocenters. The van der Waals surface area contributed by atoms with E-state index in [1.165, 1.54) is 0 Å². The lowest BCUT2D eigenvalue weighted by Crippen LogP contribution is -2.47. The quantitative estimate of drug-likeness (QED) is 0.808. The largest absolute Gasteiger partial charge is 0.384 e. The van der Waals surface area contributed by atoms with Gasteiger partial charge in [0.2, 0.25) is 5.91 Å². The molecule has 0 atom stereocenters. The topological polar surface area (TPSA) is 68.2 Å². The zero-order valence-electron chi connectivity index (χ0n) is 14.3. The van der Waals surface area contributed by atoms with Crippen LogP contribution in [0.1, 0.15) is 19.3 Å². The molecule has 2 aromatic rings. The van der Waals surface area contributed by atoms with Gasteiger partial charge in [-0.05, 0) is 38.1 Å². The molecule has 0 spiro atoms. The van der Waals surface area contributed by atoms with Crippen molar-refractivity contribution in [3.63, 3.8) is 0 Å². The van der Waals surface area contributed by atoms with Crippen LogP contribution in [0.25, 0.3) is 11.0 Å². The van der Waals surface area contributed by atoms with E-state index < -0.39 is 0 Å². The van der Waals surface area contributed by atoms with Crippen LogP contribution in [0.5, 0.6) is 0 Å². The molecule has 1 fully saturated rings. The number of para-hydroxylation sites is 2. The molecule has 1 aromatic carbocycles. The van der Waals surface area contributed by atoms with Crippen LogP contribution < -0.4 is 10.6 Å². The zero-order valence-corrected chi connectivity index (χ0v) is 14.3. The van der Waals surface area contributed by atoms with Crippen LogP contribution in [0, 0.1) is 5.41 Å². The molecule has 0 aliphatic carbocycles.